The van der Waals surface area contributed by atoms with Crippen molar-refractivity contribution in [1.29, 1.82) is 0 Å². The maximum Gasteiger partial charge on any atom is 0.373 e. The molecule has 0 radical (unpaired) electrons. The van der Waals surface area contributed by atoms with E-state index in [4.69, 9.17) is 14.7 Å². The number of amides is 2. The van der Waals surface area contributed by atoms with Crippen LogP contribution < -0.4 is 10.6 Å². The topological polar surface area (TPSA) is 130 Å². The van der Waals surface area contributed by atoms with Crippen molar-refractivity contribution in [2.75, 3.05) is 6.54 Å². The minimum atomic E-state index is -0.874. The van der Waals surface area contributed by atoms with Gasteiger partial charge in [0.25, 0.3) is 0 Å². The van der Waals surface area contributed by atoms with Gasteiger partial charge in [-0.15, -0.1) is 0 Å². The lowest BCUT2D eigenvalue weighted by Gasteiger charge is -2.12. The Kier molecular flexibility index (Phi) is 14.0. The number of aldehydes is 1. The summed E-state index contributed by atoms with van der Waals surface area (Å²) in [4.78, 5) is 47.7. The summed E-state index contributed by atoms with van der Waals surface area (Å²) in [7, 11) is 0. The summed E-state index contributed by atoms with van der Waals surface area (Å²) in [6.07, 6.45) is 2.53. The van der Waals surface area contributed by atoms with Gasteiger partial charge in [0.1, 0.15) is 6.29 Å². The summed E-state index contributed by atoms with van der Waals surface area (Å²) in [5.74, 6) is -0.874. The van der Waals surface area contributed by atoms with Crippen molar-refractivity contribution in [2.45, 2.75) is 38.6 Å². The monoisotopic (exact) mass is 274 g/mol. The molecule has 0 unspecified atom stereocenters. The molecule has 1 atom stereocenters. The van der Waals surface area contributed by atoms with Gasteiger partial charge in [0.15, 0.2) is 0 Å². The number of carboxylic acids is 1. The first-order chi connectivity index (χ1) is 8.97. The van der Waals surface area contributed by atoms with E-state index in [-0.39, 0.29) is 24.6 Å². The Labute approximate surface area is 110 Å². The molecule has 0 aliphatic heterocycles. The molecule has 19 heavy (non-hydrogen) atoms. The first-order valence-corrected chi connectivity index (χ1v) is 5.67. The number of carbonyl (C=O) groups excluding carboxylic acids is 4. The molecule has 0 aliphatic carbocycles. The van der Waals surface area contributed by atoms with Crippen LogP contribution in [0.2, 0.25) is 0 Å². The Morgan fingerprint density at radius 3 is 2.42 bits per heavy atom. The van der Waals surface area contributed by atoms with Crippen LogP contribution in [-0.2, 0) is 19.2 Å². The van der Waals surface area contributed by atoms with Crippen molar-refractivity contribution in [2.24, 2.45) is 0 Å². The van der Waals surface area contributed by atoms with Gasteiger partial charge in [-0.05, 0) is 19.8 Å². The quantitative estimate of drug-likeness (QED) is 0.420. The number of hydrogen-bond acceptors (Lipinski definition) is 5. The van der Waals surface area contributed by atoms with E-state index in [1.807, 2.05) is 0 Å². The zero-order chi connectivity index (χ0) is 15.1. The molecule has 2 amide bonds. The molecule has 0 aromatic heterocycles. The number of hydrogen-bond donors (Lipinski definition) is 3. The maximum atomic E-state index is 11.2. The Morgan fingerprint density at radius 2 is 1.95 bits per heavy atom. The number of nitrogens with one attached hydrogen (secondary N) is 2. The second-order valence-electron chi connectivity index (χ2n) is 3.63. The molecule has 0 saturated carbocycles. The Morgan fingerprint density at radius 1 is 1.37 bits per heavy atom. The number of carbonyl (C=O) groups is 3. The smallest absolute Gasteiger partial charge is 0.373 e. The third kappa shape index (κ3) is 18.4. The largest absolute Gasteiger partial charge is 0.481 e. The van der Waals surface area contributed by atoms with Crippen LogP contribution in [0.25, 0.3) is 0 Å². The van der Waals surface area contributed by atoms with Crippen LogP contribution in [0, 0.1) is 0 Å². The molecule has 3 N–H and O–H groups in total. The normalized spacial score (nSPS) is 10.2. The predicted molar refractivity (Wildman–Crippen MR) is 63.2 cm³/mol. The van der Waals surface area contributed by atoms with Gasteiger partial charge in [-0.25, -0.2) is 4.79 Å². The van der Waals surface area contributed by atoms with Gasteiger partial charge in [0.2, 0.25) is 0 Å². The van der Waals surface area contributed by atoms with E-state index < -0.39 is 5.97 Å². The van der Waals surface area contributed by atoms with Crippen LogP contribution in [0.15, 0.2) is 0 Å². The number of urea groups is 1. The first kappa shape index (κ1) is 19.1. The van der Waals surface area contributed by atoms with Crippen molar-refractivity contribution in [3.05, 3.63) is 0 Å². The van der Waals surface area contributed by atoms with Crippen LogP contribution in [-0.4, -0.2) is 42.1 Å². The van der Waals surface area contributed by atoms with Gasteiger partial charge in [0, 0.05) is 25.4 Å². The van der Waals surface area contributed by atoms with E-state index in [1.165, 1.54) is 0 Å². The molecule has 0 spiro atoms. The predicted octanol–water partition coefficient (Wildman–Crippen LogP) is -0.0655. The molecule has 0 bridgehead atoms. The van der Waals surface area contributed by atoms with E-state index in [0.29, 0.717) is 25.8 Å². The highest BCUT2D eigenvalue weighted by Gasteiger charge is 2.06. The van der Waals surface area contributed by atoms with Crippen LogP contribution >= 0.6 is 0 Å². The highest BCUT2D eigenvalue weighted by Crippen LogP contribution is 1.93. The van der Waals surface area contributed by atoms with Crippen molar-refractivity contribution >= 4 is 24.4 Å². The summed E-state index contributed by atoms with van der Waals surface area (Å²) in [6.45, 7) is 2.14. The number of aliphatic carboxylic acids is 1. The summed E-state index contributed by atoms with van der Waals surface area (Å²) in [6, 6.07) is -0.395. The zero-order valence-corrected chi connectivity index (χ0v) is 10.7. The molecule has 0 rings (SSSR count). The van der Waals surface area contributed by atoms with E-state index in [2.05, 4.69) is 10.6 Å². The van der Waals surface area contributed by atoms with E-state index in [0.717, 1.165) is 6.29 Å². The fourth-order valence-corrected chi connectivity index (χ4v) is 1.11. The number of rotatable bonds is 8. The molecule has 0 aromatic carbocycles. The molecule has 8 heteroatoms. The van der Waals surface area contributed by atoms with E-state index in [1.54, 1.807) is 6.92 Å². The van der Waals surface area contributed by atoms with Gasteiger partial charge in [0.05, 0.1) is 0 Å². The SMILES string of the molecule is C[C@H](CCC=O)NC(=O)NCCCC(=O)O.O=C=O. The molecule has 0 aliphatic rings. The molecule has 108 valence electrons. The standard InChI is InChI=1S/C10H18N2O4.CO2/c1-8(4-3-7-13)12-10(16)11-6-2-5-9(14)15;2-1-3/h7-8H,2-6H2,1H3,(H,14,15)(H2,11,12,16);/t8-;/m1./s1. The van der Waals surface area contributed by atoms with Gasteiger partial charge in [-0.3, -0.25) is 4.79 Å². The minimum Gasteiger partial charge on any atom is -0.481 e. The third-order valence-corrected chi connectivity index (χ3v) is 1.95. The van der Waals surface area contributed by atoms with Gasteiger partial charge < -0.3 is 20.5 Å². The van der Waals surface area contributed by atoms with Crippen molar-refractivity contribution in [3.8, 4) is 0 Å². The third-order valence-electron chi connectivity index (χ3n) is 1.95. The fourth-order valence-electron chi connectivity index (χ4n) is 1.11. The summed E-state index contributed by atoms with van der Waals surface area (Å²) >= 11 is 0. The summed E-state index contributed by atoms with van der Waals surface area (Å²) in [5.41, 5.74) is 0. The molecule has 8 nitrogen and oxygen atoms in total. The summed E-state index contributed by atoms with van der Waals surface area (Å²) in [5, 5.41) is 13.5. The molecule has 0 saturated heterocycles. The van der Waals surface area contributed by atoms with Gasteiger partial charge in [-0.2, -0.15) is 9.59 Å². The second kappa shape index (κ2) is 13.9. The van der Waals surface area contributed by atoms with Crippen molar-refractivity contribution in [1.82, 2.24) is 10.6 Å². The minimum absolute atomic E-state index is 0.0426. The van der Waals surface area contributed by atoms with Gasteiger partial charge >= 0.3 is 18.2 Å². The molecule has 0 aromatic rings. The van der Waals surface area contributed by atoms with Gasteiger partial charge in [-0.1, -0.05) is 0 Å². The lowest BCUT2D eigenvalue weighted by Crippen LogP contribution is -2.41. The lowest BCUT2D eigenvalue weighted by molar-refractivity contribution is -0.191. The van der Waals surface area contributed by atoms with Crippen LogP contribution in [0.1, 0.15) is 32.6 Å². The Bertz CT molecular complexity index is 312. The summed E-state index contributed by atoms with van der Waals surface area (Å²) < 4.78 is 0. The molecule has 0 fully saturated rings. The first-order valence-electron chi connectivity index (χ1n) is 5.67. The zero-order valence-electron chi connectivity index (χ0n) is 10.7. The fraction of sp³-hybridized carbons (Fsp3) is 0.636. The Hall–Kier alpha value is -2.21. The Balaban J connectivity index is 0. The molecular formula is C11H18N2O6. The van der Waals surface area contributed by atoms with Crippen molar-refractivity contribution in [3.63, 3.8) is 0 Å². The average molecular weight is 274 g/mol. The lowest BCUT2D eigenvalue weighted by atomic mass is 10.2. The highest BCUT2D eigenvalue weighted by atomic mass is 16.4. The molecule has 0 heterocycles. The maximum absolute atomic E-state index is 11.2. The molecular weight excluding hydrogens is 256 g/mol. The van der Waals surface area contributed by atoms with E-state index in [9.17, 15) is 14.4 Å². The van der Waals surface area contributed by atoms with Crippen LogP contribution in [0.5, 0.6) is 0 Å². The van der Waals surface area contributed by atoms with Crippen LogP contribution in [0.4, 0.5) is 4.79 Å². The van der Waals surface area contributed by atoms with Crippen LogP contribution in [0.3, 0.4) is 0 Å². The highest BCUT2D eigenvalue weighted by molar-refractivity contribution is 5.74. The average Bonchev–Trinajstić information content (AvgIpc) is 2.33. The van der Waals surface area contributed by atoms with Crippen molar-refractivity contribution < 1.29 is 29.1 Å². The second-order valence-corrected chi connectivity index (χ2v) is 3.63. The number of carboxylic acid groups (broad SMARTS) is 1. The van der Waals surface area contributed by atoms with E-state index >= 15 is 0 Å².